The first-order chi connectivity index (χ1) is 13.8. The number of ketones is 2. The van der Waals surface area contributed by atoms with Crippen molar-refractivity contribution in [1.29, 1.82) is 0 Å². The van der Waals surface area contributed by atoms with Crippen LogP contribution in [0.4, 0.5) is 0 Å². The molecule has 0 fully saturated rings. The van der Waals surface area contributed by atoms with E-state index < -0.39 is 11.5 Å². The van der Waals surface area contributed by atoms with Crippen LogP contribution in [0.3, 0.4) is 0 Å². The third-order valence-corrected chi connectivity index (χ3v) is 8.29. The van der Waals surface area contributed by atoms with E-state index in [1.54, 1.807) is 0 Å². The van der Waals surface area contributed by atoms with Gasteiger partial charge in [0.05, 0.1) is 6.04 Å². The van der Waals surface area contributed by atoms with E-state index in [1.165, 1.54) is 0 Å². The lowest BCUT2D eigenvalue weighted by Gasteiger charge is -2.34. The van der Waals surface area contributed by atoms with Gasteiger partial charge in [-0.1, -0.05) is 82.1 Å². The van der Waals surface area contributed by atoms with Crippen molar-refractivity contribution in [1.82, 2.24) is 5.32 Å². The Balaban J connectivity index is 5.73. The fraction of sp³-hybridized carbons (Fsp3) is 0.885. The first kappa shape index (κ1) is 28.8. The van der Waals surface area contributed by atoms with E-state index in [0.29, 0.717) is 12.8 Å². The van der Waals surface area contributed by atoms with Gasteiger partial charge in [-0.3, -0.25) is 14.4 Å². The van der Waals surface area contributed by atoms with E-state index in [4.69, 9.17) is 0 Å². The van der Waals surface area contributed by atoms with Gasteiger partial charge < -0.3 is 5.32 Å². The van der Waals surface area contributed by atoms with Crippen LogP contribution in [0.5, 0.6) is 0 Å². The molecule has 0 saturated carbocycles. The summed E-state index contributed by atoms with van der Waals surface area (Å²) in [4.78, 5) is 39.6. The van der Waals surface area contributed by atoms with E-state index in [1.807, 2.05) is 48.5 Å². The van der Waals surface area contributed by atoms with Gasteiger partial charge in [-0.2, -0.15) is 0 Å². The number of carbonyl (C=O) groups is 3. The minimum absolute atomic E-state index is 0.0601. The van der Waals surface area contributed by atoms with Gasteiger partial charge in [0.2, 0.25) is 5.91 Å². The Kier molecular flexibility index (Phi) is 11.5. The van der Waals surface area contributed by atoms with Gasteiger partial charge in [0.25, 0.3) is 0 Å². The highest BCUT2D eigenvalue weighted by molar-refractivity contribution is 5.94. The second-order valence-electron chi connectivity index (χ2n) is 10.2. The monoisotopic (exact) mass is 423 g/mol. The fourth-order valence-corrected chi connectivity index (χ4v) is 4.04. The lowest BCUT2D eigenvalue weighted by molar-refractivity contribution is -0.137. The van der Waals surface area contributed by atoms with Gasteiger partial charge in [-0.25, -0.2) is 0 Å². The molecule has 1 amide bonds. The van der Waals surface area contributed by atoms with Crippen LogP contribution in [-0.4, -0.2) is 23.5 Å². The van der Waals surface area contributed by atoms with Crippen LogP contribution in [0.15, 0.2) is 0 Å². The molecule has 2 unspecified atom stereocenters. The quantitative estimate of drug-likeness (QED) is 0.327. The van der Waals surface area contributed by atoms with Crippen molar-refractivity contribution in [3.63, 3.8) is 0 Å². The molecule has 0 rings (SSSR count). The van der Waals surface area contributed by atoms with Crippen LogP contribution >= 0.6 is 0 Å². The minimum Gasteiger partial charge on any atom is -0.346 e. The standard InChI is InChI=1S/C26H49NO3/c1-11-24(8,12-2)18-21(28)27-20(23(30)26(10,15-5)16-6)17-19(7)22(29)25(9,13-3)14-4/h19-20H,11-18H2,1-10H3,(H,27,28). The van der Waals surface area contributed by atoms with E-state index in [9.17, 15) is 14.4 Å². The molecule has 0 aromatic rings. The number of amides is 1. The summed E-state index contributed by atoms with van der Waals surface area (Å²) in [7, 11) is 0. The van der Waals surface area contributed by atoms with Crippen LogP contribution in [0.2, 0.25) is 0 Å². The molecule has 1 N–H and O–H groups in total. The topological polar surface area (TPSA) is 63.2 Å². The highest BCUT2D eigenvalue weighted by Gasteiger charge is 2.40. The summed E-state index contributed by atoms with van der Waals surface area (Å²) in [5.74, 6) is -0.0977. The van der Waals surface area contributed by atoms with Crippen molar-refractivity contribution in [3.05, 3.63) is 0 Å². The number of rotatable bonds is 15. The molecule has 176 valence electrons. The summed E-state index contributed by atoms with van der Waals surface area (Å²) in [6.45, 7) is 20.3. The summed E-state index contributed by atoms with van der Waals surface area (Å²) < 4.78 is 0. The number of hydrogen-bond acceptors (Lipinski definition) is 3. The number of nitrogens with one attached hydrogen (secondary N) is 1. The maximum Gasteiger partial charge on any atom is 0.221 e. The first-order valence-corrected chi connectivity index (χ1v) is 12.2. The van der Waals surface area contributed by atoms with E-state index in [-0.39, 0.29) is 34.2 Å². The molecule has 0 aliphatic carbocycles. The smallest absolute Gasteiger partial charge is 0.221 e. The zero-order valence-electron chi connectivity index (χ0n) is 21.5. The van der Waals surface area contributed by atoms with Gasteiger partial charge in [0.1, 0.15) is 5.78 Å². The molecule has 0 aliphatic rings. The molecule has 0 aromatic heterocycles. The Bertz CT molecular complexity index is 569. The average Bonchev–Trinajstić information content (AvgIpc) is 2.75. The third-order valence-electron chi connectivity index (χ3n) is 8.29. The predicted octanol–water partition coefficient (Wildman–Crippen LogP) is 6.50. The minimum atomic E-state index is -0.614. The highest BCUT2D eigenvalue weighted by Crippen LogP contribution is 2.34. The molecule has 4 heteroatoms. The Morgan fingerprint density at radius 1 is 0.700 bits per heavy atom. The molecule has 0 radical (unpaired) electrons. The maximum absolute atomic E-state index is 13.5. The van der Waals surface area contributed by atoms with Crippen molar-refractivity contribution < 1.29 is 14.4 Å². The summed E-state index contributed by atoms with van der Waals surface area (Å²) >= 11 is 0. The summed E-state index contributed by atoms with van der Waals surface area (Å²) in [5, 5.41) is 3.05. The Labute approximate surface area is 186 Å². The molecule has 2 atom stereocenters. The lowest BCUT2D eigenvalue weighted by Crippen LogP contribution is -2.49. The zero-order valence-corrected chi connectivity index (χ0v) is 21.5. The third kappa shape index (κ3) is 7.20. The Hall–Kier alpha value is -1.19. The van der Waals surface area contributed by atoms with Gasteiger partial charge in [-0.15, -0.1) is 0 Å². The number of Topliss-reactive ketones (excluding diaryl/α,β-unsaturated/α-hetero) is 2. The molecule has 0 aliphatic heterocycles. The summed E-state index contributed by atoms with van der Waals surface area (Å²) in [5.41, 5.74) is -0.932. The molecule has 0 bridgehead atoms. The van der Waals surface area contributed by atoms with Crippen molar-refractivity contribution in [3.8, 4) is 0 Å². The molecule has 0 aromatic carbocycles. The molecular formula is C26H49NO3. The van der Waals surface area contributed by atoms with Crippen molar-refractivity contribution >= 4 is 17.5 Å². The highest BCUT2D eigenvalue weighted by atomic mass is 16.2. The van der Waals surface area contributed by atoms with Crippen LogP contribution in [0.25, 0.3) is 0 Å². The van der Waals surface area contributed by atoms with Crippen LogP contribution in [0, 0.1) is 22.2 Å². The second kappa shape index (κ2) is 12.0. The average molecular weight is 424 g/mol. The number of carbonyl (C=O) groups excluding carboxylic acids is 3. The van der Waals surface area contributed by atoms with Crippen LogP contribution in [-0.2, 0) is 14.4 Å². The summed E-state index contributed by atoms with van der Waals surface area (Å²) in [6.07, 6.45) is 5.62. The Morgan fingerprint density at radius 3 is 1.47 bits per heavy atom. The van der Waals surface area contributed by atoms with Gasteiger partial charge in [-0.05, 0) is 37.5 Å². The lowest BCUT2D eigenvalue weighted by atomic mass is 9.72. The van der Waals surface area contributed by atoms with Crippen LogP contribution in [0.1, 0.15) is 121 Å². The van der Waals surface area contributed by atoms with E-state index >= 15 is 0 Å². The first-order valence-electron chi connectivity index (χ1n) is 12.2. The largest absolute Gasteiger partial charge is 0.346 e. The predicted molar refractivity (Wildman–Crippen MR) is 126 cm³/mol. The summed E-state index contributed by atoms with van der Waals surface area (Å²) in [6, 6.07) is -0.614. The zero-order chi connectivity index (χ0) is 23.8. The Morgan fingerprint density at radius 2 is 1.10 bits per heavy atom. The van der Waals surface area contributed by atoms with E-state index in [2.05, 4.69) is 26.1 Å². The SMILES string of the molecule is CCC(C)(CC)CC(=O)NC(CC(C)C(=O)C(C)(CC)CC)C(=O)C(C)(CC)CC. The molecule has 0 saturated heterocycles. The van der Waals surface area contributed by atoms with Crippen LogP contribution < -0.4 is 5.32 Å². The van der Waals surface area contributed by atoms with Crippen molar-refractivity contribution in [2.75, 3.05) is 0 Å². The molecule has 0 heterocycles. The molecular weight excluding hydrogens is 374 g/mol. The normalized spacial score (nSPS) is 14.9. The maximum atomic E-state index is 13.5. The molecule has 4 nitrogen and oxygen atoms in total. The van der Waals surface area contributed by atoms with Crippen molar-refractivity contribution in [2.45, 2.75) is 127 Å². The van der Waals surface area contributed by atoms with Gasteiger partial charge in [0.15, 0.2) is 5.78 Å². The van der Waals surface area contributed by atoms with Gasteiger partial charge in [0, 0.05) is 23.2 Å². The van der Waals surface area contributed by atoms with Crippen molar-refractivity contribution in [2.24, 2.45) is 22.2 Å². The fourth-order valence-electron chi connectivity index (χ4n) is 4.04. The molecule has 30 heavy (non-hydrogen) atoms. The number of hydrogen-bond donors (Lipinski definition) is 1. The second-order valence-corrected chi connectivity index (χ2v) is 10.2. The van der Waals surface area contributed by atoms with E-state index in [0.717, 1.165) is 38.5 Å². The molecule has 0 spiro atoms. The van der Waals surface area contributed by atoms with Gasteiger partial charge >= 0.3 is 0 Å².